The molecule has 30 heavy (non-hydrogen) atoms. The number of hydrogen-bond acceptors (Lipinski definition) is 5. The molecule has 0 radical (unpaired) electrons. The Labute approximate surface area is 185 Å². The summed E-state index contributed by atoms with van der Waals surface area (Å²) in [6.07, 6.45) is 1.29. The van der Waals surface area contributed by atoms with Gasteiger partial charge in [0.15, 0.2) is 0 Å². The van der Waals surface area contributed by atoms with Crippen molar-refractivity contribution in [2.24, 2.45) is 11.0 Å². The summed E-state index contributed by atoms with van der Waals surface area (Å²) in [6.45, 7) is 2.84. The molecule has 2 heterocycles. The van der Waals surface area contributed by atoms with E-state index in [0.717, 1.165) is 17.7 Å². The summed E-state index contributed by atoms with van der Waals surface area (Å²) in [7, 11) is 0. The van der Waals surface area contributed by atoms with Gasteiger partial charge in [0.25, 0.3) is 5.91 Å². The van der Waals surface area contributed by atoms with Crippen LogP contribution in [0.3, 0.4) is 0 Å². The molecule has 2 atom stereocenters. The van der Waals surface area contributed by atoms with E-state index < -0.39 is 0 Å². The van der Waals surface area contributed by atoms with E-state index in [0.29, 0.717) is 28.7 Å². The zero-order valence-corrected chi connectivity index (χ0v) is 18.0. The number of carbonyl (C=O) groups excluding carboxylic acids is 2. The molecule has 0 unspecified atom stereocenters. The van der Waals surface area contributed by atoms with Crippen LogP contribution in [0.2, 0.25) is 10.0 Å². The molecule has 156 valence electrons. The molecule has 1 saturated heterocycles. The number of halogens is 2. The molecular weight excluding hydrogens is 423 g/mol. The Morgan fingerprint density at radius 2 is 1.87 bits per heavy atom. The van der Waals surface area contributed by atoms with E-state index in [1.807, 2.05) is 49.4 Å². The van der Waals surface area contributed by atoms with E-state index in [9.17, 15) is 9.59 Å². The number of rotatable bonds is 4. The number of hydrogen-bond donors (Lipinski definition) is 1. The molecule has 2 aliphatic rings. The molecule has 4 rings (SSSR count). The molecule has 2 aromatic rings. The Bertz CT molecular complexity index is 993. The molecule has 2 aromatic carbocycles. The highest BCUT2D eigenvalue weighted by Crippen LogP contribution is 2.41. The molecule has 1 amide bonds. The third kappa shape index (κ3) is 4.21. The van der Waals surface area contributed by atoms with Crippen molar-refractivity contribution in [1.29, 1.82) is 0 Å². The van der Waals surface area contributed by atoms with Crippen molar-refractivity contribution < 1.29 is 9.59 Å². The van der Waals surface area contributed by atoms with Crippen molar-refractivity contribution in [2.75, 3.05) is 18.1 Å². The quantitative estimate of drug-likeness (QED) is 0.765. The van der Waals surface area contributed by atoms with Crippen LogP contribution in [0.4, 0.5) is 5.69 Å². The van der Waals surface area contributed by atoms with E-state index >= 15 is 0 Å². The lowest BCUT2D eigenvalue weighted by Crippen LogP contribution is -2.50. The van der Waals surface area contributed by atoms with E-state index in [1.165, 1.54) is 0 Å². The Balaban J connectivity index is 1.66. The SMILES string of the molecule is C[C@H]1C(C(=O)NN2CCCC(=O)C2)=NN(c2ccccc2Cl)[C@H]1c1ccc(Cl)cc1. The standard InChI is InChI=1S/C22H22Cl2N4O2/c1-14-20(22(30)26-27-12-4-5-17(29)13-27)25-28(19-7-3-2-6-18(19)24)21(14)15-8-10-16(23)11-9-15/h2-3,6-11,14,21H,4-5,12-13H2,1H3,(H,26,30)/t14-,21+/m0/s1. The van der Waals surface area contributed by atoms with Gasteiger partial charge in [-0.1, -0.05) is 54.4 Å². The zero-order valence-electron chi connectivity index (χ0n) is 16.5. The topological polar surface area (TPSA) is 65.0 Å². The van der Waals surface area contributed by atoms with Gasteiger partial charge in [-0.2, -0.15) is 5.10 Å². The molecule has 0 bridgehead atoms. The molecule has 0 aromatic heterocycles. The number of carbonyl (C=O) groups is 2. The van der Waals surface area contributed by atoms with Crippen LogP contribution in [0.1, 0.15) is 31.4 Å². The van der Waals surface area contributed by atoms with Gasteiger partial charge in [0.05, 0.1) is 23.3 Å². The number of benzene rings is 2. The highest BCUT2D eigenvalue weighted by atomic mass is 35.5. The smallest absolute Gasteiger partial charge is 0.282 e. The Morgan fingerprint density at radius 3 is 2.57 bits per heavy atom. The van der Waals surface area contributed by atoms with Crippen molar-refractivity contribution in [3.8, 4) is 0 Å². The van der Waals surface area contributed by atoms with Crippen LogP contribution in [-0.2, 0) is 9.59 Å². The minimum absolute atomic E-state index is 0.125. The number of nitrogens with zero attached hydrogens (tertiary/aromatic N) is 3. The zero-order chi connectivity index (χ0) is 21.3. The van der Waals surface area contributed by atoms with Crippen LogP contribution >= 0.6 is 23.2 Å². The van der Waals surface area contributed by atoms with Crippen LogP contribution in [0.25, 0.3) is 0 Å². The minimum Gasteiger partial charge on any atom is -0.298 e. The fraction of sp³-hybridized carbons (Fsp3) is 0.318. The molecule has 1 N–H and O–H groups in total. The predicted molar refractivity (Wildman–Crippen MR) is 119 cm³/mol. The average molecular weight is 445 g/mol. The first-order valence-corrected chi connectivity index (χ1v) is 10.6. The fourth-order valence-electron chi connectivity index (χ4n) is 3.95. The number of amides is 1. The van der Waals surface area contributed by atoms with E-state index in [2.05, 4.69) is 10.5 Å². The van der Waals surface area contributed by atoms with Gasteiger partial charge in [-0.15, -0.1) is 0 Å². The second kappa shape index (κ2) is 8.76. The number of anilines is 1. The molecule has 0 saturated carbocycles. The molecule has 8 heteroatoms. The number of para-hydroxylation sites is 1. The Kier molecular flexibility index (Phi) is 6.09. The summed E-state index contributed by atoms with van der Waals surface area (Å²) in [5, 5.41) is 9.33. The average Bonchev–Trinajstić information content (AvgIpc) is 3.06. The van der Waals surface area contributed by atoms with Gasteiger partial charge in [0, 0.05) is 23.9 Å². The number of hydrazine groups is 1. The van der Waals surface area contributed by atoms with Crippen LogP contribution in [0.15, 0.2) is 53.6 Å². The van der Waals surface area contributed by atoms with Gasteiger partial charge < -0.3 is 0 Å². The van der Waals surface area contributed by atoms with Gasteiger partial charge in [-0.05, 0) is 36.2 Å². The van der Waals surface area contributed by atoms with Crippen LogP contribution in [0, 0.1) is 5.92 Å². The van der Waals surface area contributed by atoms with Gasteiger partial charge >= 0.3 is 0 Å². The number of nitrogens with one attached hydrogen (secondary N) is 1. The van der Waals surface area contributed by atoms with Gasteiger partial charge in [-0.3, -0.25) is 20.0 Å². The second-order valence-corrected chi connectivity index (χ2v) is 8.41. The molecule has 1 fully saturated rings. The highest BCUT2D eigenvalue weighted by Gasteiger charge is 2.40. The molecule has 0 spiro atoms. The van der Waals surface area contributed by atoms with E-state index in [1.54, 1.807) is 16.1 Å². The minimum atomic E-state index is -0.300. The maximum absolute atomic E-state index is 13.0. The van der Waals surface area contributed by atoms with Gasteiger partial charge in [0.2, 0.25) is 0 Å². The van der Waals surface area contributed by atoms with Crippen molar-refractivity contribution >= 4 is 46.3 Å². The van der Waals surface area contributed by atoms with E-state index in [4.69, 9.17) is 23.2 Å². The number of ketones is 1. The van der Waals surface area contributed by atoms with Crippen LogP contribution in [0.5, 0.6) is 0 Å². The summed E-state index contributed by atoms with van der Waals surface area (Å²) >= 11 is 12.5. The summed E-state index contributed by atoms with van der Waals surface area (Å²) in [5.74, 6) is -0.381. The summed E-state index contributed by atoms with van der Waals surface area (Å²) in [6, 6.07) is 14.7. The lowest BCUT2D eigenvalue weighted by Gasteiger charge is -2.28. The maximum Gasteiger partial charge on any atom is 0.282 e. The molecule has 2 aliphatic heterocycles. The van der Waals surface area contributed by atoms with E-state index in [-0.39, 0.29) is 30.2 Å². The number of Topliss-reactive ketones (excluding diaryl/α,β-unsaturated/α-hetero) is 1. The summed E-state index contributed by atoms with van der Waals surface area (Å²) in [4.78, 5) is 24.8. The van der Waals surface area contributed by atoms with Crippen LogP contribution < -0.4 is 10.4 Å². The summed E-state index contributed by atoms with van der Waals surface area (Å²) in [5.41, 5.74) is 4.95. The highest BCUT2D eigenvalue weighted by molar-refractivity contribution is 6.40. The third-order valence-electron chi connectivity index (χ3n) is 5.44. The molecule has 0 aliphatic carbocycles. The Hall–Kier alpha value is -2.41. The monoisotopic (exact) mass is 444 g/mol. The maximum atomic E-state index is 13.0. The number of piperidine rings is 1. The van der Waals surface area contributed by atoms with Crippen molar-refractivity contribution in [3.63, 3.8) is 0 Å². The molecular formula is C22H22Cl2N4O2. The first-order chi connectivity index (χ1) is 14.4. The van der Waals surface area contributed by atoms with Crippen molar-refractivity contribution in [2.45, 2.75) is 25.8 Å². The molecule has 6 nitrogen and oxygen atoms in total. The first-order valence-electron chi connectivity index (χ1n) is 9.89. The van der Waals surface area contributed by atoms with Crippen molar-refractivity contribution in [1.82, 2.24) is 10.4 Å². The Morgan fingerprint density at radius 1 is 1.13 bits per heavy atom. The second-order valence-electron chi connectivity index (χ2n) is 7.57. The largest absolute Gasteiger partial charge is 0.298 e. The first kappa shape index (κ1) is 20.8. The van der Waals surface area contributed by atoms with Gasteiger partial charge in [0.1, 0.15) is 11.5 Å². The fourth-order valence-corrected chi connectivity index (χ4v) is 4.30. The van der Waals surface area contributed by atoms with Gasteiger partial charge in [-0.25, -0.2) is 5.01 Å². The lowest BCUT2D eigenvalue weighted by molar-refractivity contribution is -0.126. The summed E-state index contributed by atoms with van der Waals surface area (Å²) < 4.78 is 0. The lowest BCUT2D eigenvalue weighted by atomic mass is 9.91. The van der Waals surface area contributed by atoms with Crippen molar-refractivity contribution in [3.05, 3.63) is 64.1 Å². The predicted octanol–water partition coefficient (Wildman–Crippen LogP) is 4.24. The third-order valence-corrected chi connectivity index (χ3v) is 6.01. The normalized spacial score (nSPS) is 22.2. The number of hydrazone groups is 1. The van der Waals surface area contributed by atoms with Crippen LogP contribution in [-0.4, -0.2) is 35.5 Å².